The van der Waals surface area contributed by atoms with E-state index in [1.807, 2.05) is 0 Å². The first kappa shape index (κ1) is 27.9. The molecule has 0 aliphatic carbocycles. The number of nitrogens with zero attached hydrogens (tertiary/aromatic N) is 6. The maximum Gasteiger partial charge on any atom is 0.358 e. The molecule has 0 bridgehead atoms. The first-order chi connectivity index (χ1) is 19.0. The summed E-state index contributed by atoms with van der Waals surface area (Å²) >= 11 is 12.1. The third-order valence-electron chi connectivity index (χ3n) is 6.29. The number of carboxylic acids is 1. The van der Waals surface area contributed by atoms with Gasteiger partial charge < -0.3 is 25.2 Å². The molecule has 210 valence electrons. The predicted octanol–water partition coefficient (Wildman–Crippen LogP) is 2.48. The van der Waals surface area contributed by atoms with Gasteiger partial charge in [0.15, 0.2) is 29.4 Å². The molecule has 1 fully saturated rings. The maximum absolute atomic E-state index is 13.8. The van der Waals surface area contributed by atoms with Crippen LogP contribution in [-0.4, -0.2) is 81.3 Å². The van der Waals surface area contributed by atoms with Gasteiger partial charge in [-0.25, -0.2) is 27.3 Å². The van der Waals surface area contributed by atoms with Crippen molar-refractivity contribution in [3.63, 3.8) is 0 Å². The molecule has 1 aliphatic heterocycles. The zero-order chi connectivity index (χ0) is 28.9. The minimum absolute atomic E-state index is 0.0821. The maximum atomic E-state index is 13.8. The molecule has 1 saturated heterocycles. The lowest BCUT2D eigenvalue weighted by Crippen LogP contribution is -2.54. The summed E-state index contributed by atoms with van der Waals surface area (Å²) < 4.78 is 48.5. The van der Waals surface area contributed by atoms with Crippen LogP contribution in [-0.2, 0) is 4.74 Å². The number of carboxylic acid groups (broad SMARTS) is 1. The summed E-state index contributed by atoms with van der Waals surface area (Å²) in [6.45, 7) is -0.751. The molecule has 5 rings (SSSR count). The van der Waals surface area contributed by atoms with E-state index in [4.69, 9.17) is 27.9 Å². The summed E-state index contributed by atoms with van der Waals surface area (Å²) in [7, 11) is 0. The minimum Gasteiger partial charge on any atom is -0.476 e. The highest BCUT2D eigenvalue weighted by Gasteiger charge is 2.48. The van der Waals surface area contributed by atoms with Gasteiger partial charge in [-0.3, -0.25) is 0 Å². The lowest BCUT2D eigenvalue weighted by molar-refractivity contribution is -0.233. The SMILES string of the molecule is O=C(O)c1nnn([C@@H]2O[C@H](CO)[C@H](O)[C@H](n3cc(-c4cc(F)c(F)c(F)c4)nn3)[C@H]2O)c1-c1ccc(Cl)c(Cl)c1. The highest BCUT2D eigenvalue weighted by molar-refractivity contribution is 6.42. The number of carbonyl (C=O) groups is 1. The summed E-state index contributed by atoms with van der Waals surface area (Å²) in [4.78, 5) is 11.9. The summed E-state index contributed by atoms with van der Waals surface area (Å²) in [5.74, 6) is -6.07. The first-order valence-electron chi connectivity index (χ1n) is 11.3. The van der Waals surface area contributed by atoms with Crippen molar-refractivity contribution < 1.29 is 43.1 Å². The average molecular weight is 601 g/mol. The molecule has 4 N–H and O–H groups in total. The quantitative estimate of drug-likeness (QED) is 0.241. The average Bonchev–Trinajstić information content (AvgIpc) is 3.57. The Morgan fingerprint density at radius 2 is 1.68 bits per heavy atom. The molecule has 3 heterocycles. The number of aromatic nitrogens is 6. The highest BCUT2D eigenvalue weighted by atomic mass is 35.5. The smallest absolute Gasteiger partial charge is 0.358 e. The fourth-order valence-corrected chi connectivity index (χ4v) is 4.68. The molecule has 0 unspecified atom stereocenters. The zero-order valence-corrected chi connectivity index (χ0v) is 21.2. The second kappa shape index (κ2) is 10.8. The number of rotatable bonds is 6. The van der Waals surface area contributed by atoms with Crippen LogP contribution in [0.3, 0.4) is 0 Å². The number of aliphatic hydroxyl groups is 3. The molecule has 5 atom stereocenters. The van der Waals surface area contributed by atoms with Gasteiger partial charge in [-0.1, -0.05) is 39.7 Å². The van der Waals surface area contributed by atoms with Gasteiger partial charge in [0.25, 0.3) is 0 Å². The van der Waals surface area contributed by atoms with Crippen molar-refractivity contribution in [1.29, 1.82) is 0 Å². The molecule has 40 heavy (non-hydrogen) atoms. The number of hydrogen-bond donors (Lipinski definition) is 4. The third-order valence-corrected chi connectivity index (χ3v) is 7.03. The van der Waals surface area contributed by atoms with Crippen LogP contribution in [0.1, 0.15) is 22.8 Å². The van der Waals surface area contributed by atoms with Crippen molar-refractivity contribution in [2.75, 3.05) is 6.61 Å². The number of hydrogen-bond acceptors (Lipinski definition) is 9. The van der Waals surface area contributed by atoms with Crippen LogP contribution in [0.25, 0.3) is 22.5 Å². The van der Waals surface area contributed by atoms with Gasteiger partial charge in [-0.15, -0.1) is 10.2 Å². The van der Waals surface area contributed by atoms with E-state index in [1.54, 1.807) is 0 Å². The van der Waals surface area contributed by atoms with E-state index in [2.05, 4.69) is 20.6 Å². The van der Waals surface area contributed by atoms with Crippen LogP contribution in [0.15, 0.2) is 36.5 Å². The monoisotopic (exact) mass is 600 g/mol. The molecular formula is C23H17Cl2F3N6O6. The third kappa shape index (κ3) is 4.80. The van der Waals surface area contributed by atoms with Gasteiger partial charge in [-0.05, 0) is 24.3 Å². The van der Waals surface area contributed by atoms with Crippen LogP contribution in [0.5, 0.6) is 0 Å². The number of aromatic carboxylic acids is 1. The Morgan fingerprint density at radius 1 is 0.975 bits per heavy atom. The fraction of sp³-hybridized carbons (Fsp3) is 0.261. The number of benzene rings is 2. The number of halogens is 5. The van der Waals surface area contributed by atoms with Crippen molar-refractivity contribution in [3.8, 4) is 22.5 Å². The summed E-state index contributed by atoms with van der Waals surface area (Å²) in [5, 5.41) is 57.2. The summed E-state index contributed by atoms with van der Waals surface area (Å²) in [5.41, 5.74) is -0.789. The molecular weight excluding hydrogens is 584 g/mol. The van der Waals surface area contributed by atoms with E-state index in [0.29, 0.717) is 12.1 Å². The molecule has 2 aromatic carbocycles. The molecule has 0 amide bonds. The normalized spacial score (nSPS) is 22.9. The molecule has 0 spiro atoms. The van der Waals surface area contributed by atoms with Crippen LogP contribution in [0.2, 0.25) is 10.0 Å². The lowest BCUT2D eigenvalue weighted by Gasteiger charge is -2.42. The Kier molecular flexibility index (Phi) is 7.52. The van der Waals surface area contributed by atoms with E-state index in [9.17, 15) is 38.4 Å². The van der Waals surface area contributed by atoms with E-state index in [-0.39, 0.29) is 32.6 Å². The Morgan fingerprint density at radius 3 is 2.30 bits per heavy atom. The number of aliphatic hydroxyl groups excluding tert-OH is 3. The van der Waals surface area contributed by atoms with Gasteiger partial charge in [0, 0.05) is 11.1 Å². The zero-order valence-electron chi connectivity index (χ0n) is 19.7. The fourth-order valence-electron chi connectivity index (χ4n) is 4.38. The van der Waals surface area contributed by atoms with Crippen molar-refractivity contribution in [2.24, 2.45) is 0 Å². The summed E-state index contributed by atoms with van der Waals surface area (Å²) in [6.07, 6.45) is -5.12. The van der Waals surface area contributed by atoms with E-state index < -0.39 is 66.3 Å². The Hall–Kier alpha value is -3.60. The van der Waals surface area contributed by atoms with Gasteiger partial charge in [0.2, 0.25) is 0 Å². The molecule has 17 heteroatoms. The van der Waals surface area contributed by atoms with E-state index in [0.717, 1.165) is 15.6 Å². The van der Waals surface area contributed by atoms with Crippen LogP contribution < -0.4 is 0 Å². The van der Waals surface area contributed by atoms with Crippen LogP contribution in [0.4, 0.5) is 13.2 Å². The lowest BCUT2D eigenvalue weighted by atomic mass is 9.95. The molecule has 1 aliphatic rings. The first-order valence-corrected chi connectivity index (χ1v) is 12.1. The second-order valence-electron chi connectivity index (χ2n) is 8.72. The van der Waals surface area contributed by atoms with Crippen molar-refractivity contribution in [3.05, 3.63) is 69.7 Å². The predicted molar refractivity (Wildman–Crippen MR) is 130 cm³/mol. The van der Waals surface area contributed by atoms with Gasteiger partial charge in [0.1, 0.15) is 35.7 Å². The Labute approximate surface area is 231 Å². The van der Waals surface area contributed by atoms with Crippen molar-refractivity contribution in [2.45, 2.75) is 30.6 Å². The second-order valence-corrected chi connectivity index (χ2v) is 9.54. The Bertz CT molecular complexity index is 1580. The molecule has 0 saturated carbocycles. The molecule has 4 aromatic rings. The molecule has 2 aromatic heterocycles. The topological polar surface area (TPSA) is 169 Å². The van der Waals surface area contributed by atoms with Crippen LogP contribution in [0, 0.1) is 17.5 Å². The molecule has 0 radical (unpaired) electrons. The number of ether oxygens (including phenoxy) is 1. The summed E-state index contributed by atoms with van der Waals surface area (Å²) in [6, 6.07) is 4.16. The van der Waals surface area contributed by atoms with E-state index in [1.165, 1.54) is 18.2 Å². The van der Waals surface area contributed by atoms with Crippen molar-refractivity contribution in [1.82, 2.24) is 30.0 Å². The minimum atomic E-state index is -1.74. The van der Waals surface area contributed by atoms with Gasteiger partial charge in [0.05, 0.1) is 22.8 Å². The standard InChI is InChI=1S/C23H17Cl2F3N6O6/c24-10-2-1-8(3-11(10)25)18-17(23(38)39)30-32-34(18)22-21(37)19(20(36)15(7-35)40-22)33-6-14(29-31-33)9-4-12(26)16(28)13(27)5-9/h1-6,15,19-22,35-37H,7H2,(H,38,39)/t15-,19+,20+,21-,22-/m1/s1. The largest absolute Gasteiger partial charge is 0.476 e. The Balaban J connectivity index is 1.58. The highest BCUT2D eigenvalue weighted by Crippen LogP contribution is 2.39. The molecule has 12 nitrogen and oxygen atoms in total. The van der Waals surface area contributed by atoms with Gasteiger partial charge in [-0.2, -0.15) is 0 Å². The van der Waals surface area contributed by atoms with Crippen molar-refractivity contribution >= 4 is 29.2 Å². The van der Waals surface area contributed by atoms with Gasteiger partial charge >= 0.3 is 5.97 Å². The van der Waals surface area contributed by atoms with Crippen LogP contribution >= 0.6 is 23.2 Å². The van der Waals surface area contributed by atoms with E-state index >= 15 is 0 Å².